The van der Waals surface area contributed by atoms with Crippen molar-refractivity contribution in [1.82, 2.24) is 10.2 Å². The molecule has 2 aromatic carbocycles. The highest BCUT2D eigenvalue weighted by Gasteiger charge is 2.33. The van der Waals surface area contributed by atoms with Gasteiger partial charge >= 0.3 is 0 Å². The summed E-state index contributed by atoms with van der Waals surface area (Å²) in [5.74, 6) is -0.311. The average molecular weight is 368 g/mol. The fourth-order valence-corrected chi connectivity index (χ4v) is 3.48. The van der Waals surface area contributed by atoms with Crippen molar-refractivity contribution in [2.24, 2.45) is 0 Å². The summed E-state index contributed by atoms with van der Waals surface area (Å²) in [7, 11) is 0. The van der Waals surface area contributed by atoms with Gasteiger partial charge < -0.3 is 10.2 Å². The van der Waals surface area contributed by atoms with Crippen LogP contribution in [0.25, 0.3) is 0 Å². The molecule has 0 saturated carbocycles. The van der Waals surface area contributed by atoms with Crippen LogP contribution < -0.4 is 5.32 Å². The Morgan fingerprint density at radius 3 is 2.52 bits per heavy atom. The van der Waals surface area contributed by atoms with Gasteiger partial charge in [0, 0.05) is 19.5 Å². The fraction of sp³-hybridized carbons (Fsp3) is 0.364. The standard InChI is InChI=1S/C22H25FN2O2/c23-19-13-11-17(12-14-19)8-4-10-21(26)25-15-5-9-20(25)22(27)24-16-18-6-2-1-3-7-18/h1-3,6-7,11-14,20H,4-5,8-10,15-16H2,(H,24,27)/t20-/m1/s1. The molecule has 0 radical (unpaired) electrons. The minimum atomic E-state index is -0.368. The van der Waals surface area contributed by atoms with Crippen molar-refractivity contribution in [3.63, 3.8) is 0 Å². The molecule has 0 bridgehead atoms. The molecule has 1 atom stereocenters. The number of aryl methyl sites for hydroxylation is 1. The second-order valence-corrected chi connectivity index (χ2v) is 6.93. The number of nitrogens with zero attached hydrogens (tertiary/aromatic N) is 1. The Morgan fingerprint density at radius 1 is 1.04 bits per heavy atom. The third-order valence-corrected chi connectivity index (χ3v) is 4.95. The van der Waals surface area contributed by atoms with Crippen molar-refractivity contribution in [2.75, 3.05) is 6.54 Å². The second kappa shape index (κ2) is 9.31. The van der Waals surface area contributed by atoms with E-state index in [2.05, 4.69) is 5.32 Å². The molecule has 3 rings (SSSR count). The maximum absolute atomic E-state index is 12.9. The normalized spacial score (nSPS) is 16.3. The van der Waals surface area contributed by atoms with Crippen LogP contribution in [0.15, 0.2) is 54.6 Å². The van der Waals surface area contributed by atoms with Crippen LogP contribution in [0.2, 0.25) is 0 Å². The average Bonchev–Trinajstić information content (AvgIpc) is 3.18. The van der Waals surface area contributed by atoms with Crippen LogP contribution in [0, 0.1) is 5.82 Å². The molecule has 0 aromatic heterocycles. The van der Waals surface area contributed by atoms with Crippen LogP contribution in [0.4, 0.5) is 4.39 Å². The van der Waals surface area contributed by atoms with Gasteiger partial charge in [0.05, 0.1) is 0 Å². The Morgan fingerprint density at radius 2 is 1.78 bits per heavy atom. The van der Waals surface area contributed by atoms with Crippen molar-refractivity contribution < 1.29 is 14.0 Å². The molecular weight excluding hydrogens is 343 g/mol. The van der Waals surface area contributed by atoms with E-state index in [1.807, 2.05) is 30.3 Å². The summed E-state index contributed by atoms with van der Waals surface area (Å²) in [6, 6.07) is 15.7. The van der Waals surface area contributed by atoms with Crippen molar-refractivity contribution in [3.05, 3.63) is 71.5 Å². The Bertz CT molecular complexity index is 762. The van der Waals surface area contributed by atoms with Gasteiger partial charge in [-0.15, -0.1) is 0 Å². The first-order valence-electron chi connectivity index (χ1n) is 9.49. The molecule has 5 heteroatoms. The van der Waals surface area contributed by atoms with E-state index < -0.39 is 0 Å². The van der Waals surface area contributed by atoms with Crippen LogP contribution in [0.3, 0.4) is 0 Å². The van der Waals surface area contributed by atoms with E-state index in [-0.39, 0.29) is 23.7 Å². The van der Waals surface area contributed by atoms with Crippen LogP contribution in [0.5, 0.6) is 0 Å². The first kappa shape index (κ1) is 19.1. The lowest BCUT2D eigenvalue weighted by atomic mass is 10.1. The smallest absolute Gasteiger partial charge is 0.243 e. The molecule has 1 saturated heterocycles. The number of hydrogen-bond acceptors (Lipinski definition) is 2. The summed E-state index contributed by atoms with van der Waals surface area (Å²) >= 11 is 0. The highest BCUT2D eigenvalue weighted by Crippen LogP contribution is 2.20. The molecule has 2 amide bonds. The van der Waals surface area contributed by atoms with Crippen LogP contribution in [-0.4, -0.2) is 29.3 Å². The molecule has 0 spiro atoms. The SMILES string of the molecule is O=C(NCc1ccccc1)[C@H]1CCCN1C(=O)CCCc1ccc(F)cc1. The lowest BCUT2D eigenvalue weighted by molar-refractivity contribution is -0.138. The summed E-state index contributed by atoms with van der Waals surface area (Å²) in [6.45, 7) is 1.11. The third kappa shape index (κ3) is 5.39. The number of amides is 2. The van der Waals surface area contributed by atoms with E-state index in [4.69, 9.17) is 0 Å². The summed E-state index contributed by atoms with van der Waals surface area (Å²) in [6.07, 6.45) is 3.39. The van der Waals surface area contributed by atoms with Crippen LogP contribution in [-0.2, 0) is 22.6 Å². The van der Waals surface area contributed by atoms with Crippen LogP contribution in [0.1, 0.15) is 36.8 Å². The fourth-order valence-electron chi connectivity index (χ4n) is 3.48. The van der Waals surface area contributed by atoms with E-state index in [9.17, 15) is 14.0 Å². The van der Waals surface area contributed by atoms with E-state index >= 15 is 0 Å². The van der Waals surface area contributed by atoms with Gasteiger partial charge in [-0.1, -0.05) is 42.5 Å². The molecule has 0 aliphatic carbocycles. The predicted octanol–water partition coefficient (Wildman–Crippen LogP) is 3.46. The Labute approximate surface area is 159 Å². The molecule has 1 heterocycles. The van der Waals surface area contributed by atoms with E-state index in [1.165, 1.54) is 12.1 Å². The summed E-state index contributed by atoms with van der Waals surface area (Å²) in [4.78, 5) is 26.8. The number of carbonyl (C=O) groups excluding carboxylic acids is 2. The first-order valence-corrected chi connectivity index (χ1v) is 9.49. The molecule has 4 nitrogen and oxygen atoms in total. The molecule has 1 aliphatic rings. The van der Waals surface area contributed by atoms with E-state index in [1.54, 1.807) is 17.0 Å². The predicted molar refractivity (Wildman–Crippen MR) is 102 cm³/mol. The number of benzene rings is 2. The summed E-state index contributed by atoms with van der Waals surface area (Å²) in [5.41, 5.74) is 2.06. The summed E-state index contributed by atoms with van der Waals surface area (Å²) in [5, 5.41) is 2.94. The van der Waals surface area contributed by atoms with Gasteiger partial charge in [-0.05, 0) is 48.9 Å². The maximum atomic E-state index is 12.9. The van der Waals surface area contributed by atoms with Crippen molar-refractivity contribution in [3.8, 4) is 0 Å². The van der Waals surface area contributed by atoms with E-state index in [0.29, 0.717) is 32.4 Å². The lowest BCUT2D eigenvalue weighted by Crippen LogP contribution is -2.45. The number of rotatable bonds is 7. The van der Waals surface area contributed by atoms with Crippen molar-refractivity contribution in [2.45, 2.75) is 44.7 Å². The molecule has 2 aromatic rings. The van der Waals surface area contributed by atoms with Crippen LogP contribution >= 0.6 is 0 Å². The topological polar surface area (TPSA) is 49.4 Å². The number of halogens is 1. The third-order valence-electron chi connectivity index (χ3n) is 4.95. The number of hydrogen-bond donors (Lipinski definition) is 1. The zero-order chi connectivity index (χ0) is 19.1. The highest BCUT2D eigenvalue weighted by molar-refractivity contribution is 5.88. The van der Waals surface area contributed by atoms with E-state index in [0.717, 1.165) is 24.0 Å². The van der Waals surface area contributed by atoms with Gasteiger partial charge in [-0.3, -0.25) is 9.59 Å². The molecule has 1 fully saturated rings. The minimum Gasteiger partial charge on any atom is -0.350 e. The monoisotopic (exact) mass is 368 g/mol. The molecule has 142 valence electrons. The molecular formula is C22H25FN2O2. The van der Waals surface area contributed by atoms with Gasteiger partial charge in [-0.2, -0.15) is 0 Å². The van der Waals surface area contributed by atoms with Gasteiger partial charge in [0.1, 0.15) is 11.9 Å². The molecule has 27 heavy (non-hydrogen) atoms. The first-order chi connectivity index (χ1) is 13.1. The minimum absolute atomic E-state index is 0.0227. The molecule has 1 N–H and O–H groups in total. The quantitative estimate of drug-likeness (QED) is 0.814. The largest absolute Gasteiger partial charge is 0.350 e. The van der Waals surface area contributed by atoms with Crippen molar-refractivity contribution in [1.29, 1.82) is 0 Å². The summed E-state index contributed by atoms with van der Waals surface area (Å²) < 4.78 is 12.9. The lowest BCUT2D eigenvalue weighted by Gasteiger charge is -2.24. The van der Waals surface area contributed by atoms with Gasteiger partial charge in [0.2, 0.25) is 11.8 Å². The second-order valence-electron chi connectivity index (χ2n) is 6.93. The Kier molecular flexibility index (Phi) is 6.58. The molecule has 1 aliphatic heterocycles. The number of likely N-dealkylation sites (tertiary alicyclic amines) is 1. The number of nitrogens with one attached hydrogen (secondary N) is 1. The van der Waals surface area contributed by atoms with Crippen molar-refractivity contribution >= 4 is 11.8 Å². The zero-order valence-corrected chi connectivity index (χ0v) is 15.4. The van der Waals surface area contributed by atoms with Gasteiger partial charge in [0.25, 0.3) is 0 Å². The van der Waals surface area contributed by atoms with Gasteiger partial charge in [0.15, 0.2) is 0 Å². The Hall–Kier alpha value is -2.69. The zero-order valence-electron chi connectivity index (χ0n) is 15.4. The molecule has 0 unspecified atom stereocenters. The Balaban J connectivity index is 1.46. The highest BCUT2D eigenvalue weighted by atomic mass is 19.1. The maximum Gasteiger partial charge on any atom is 0.243 e. The number of carbonyl (C=O) groups is 2. The van der Waals surface area contributed by atoms with Gasteiger partial charge in [-0.25, -0.2) is 4.39 Å².